The van der Waals surface area contributed by atoms with Crippen molar-refractivity contribution in [3.63, 3.8) is 0 Å². The summed E-state index contributed by atoms with van der Waals surface area (Å²) in [6.45, 7) is 3.61. The first-order valence-corrected chi connectivity index (χ1v) is 6.84. The van der Waals surface area contributed by atoms with Crippen molar-refractivity contribution < 1.29 is 19.4 Å². The van der Waals surface area contributed by atoms with Gasteiger partial charge in [-0.3, -0.25) is 4.68 Å². The van der Waals surface area contributed by atoms with E-state index in [0.717, 1.165) is 13.0 Å². The predicted octanol–water partition coefficient (Wildman–Crippen LogP) is 0.158. The molecule has 1 aliphatic heterocycles. The molecule has 1 aromatic heterocycles. The number of urea groups is 1. The second kappa shape index (κ2) is 6.57. The van der Waals surface area contributed by atoms with Crippen LogP contribution in [0.15, 0.2) is 18.5 Å². The number of aromatic nitrogens is 2. The van der Waals surface area contributed by atoms with Gasteiger partial charge in [-0.05, 0) is 19.4 Å². The Labute approximate surface area is 122 Å². The van der Waals surface area contributed by atoms with Crippen LogP contribution in [-0.4, -0.2) is 63.6 Å². The SMILES string of the molecule is CC1(OCC(=O)O)CN(C(=O)NCCCn2cccn2)C1. The number of carboxylic acid groups (broad SMARTS) is 1. The van der Waals surface area contributed by atoms with E-state index in [2.05, 4.69) is 10.4 Å². The second-order valence-electron chi connectivity index (χ2n) is 5.34. The van der Waals surface area contributed by atoms with Crippen molar-refractivity contribution in [2.24, 2.45) is 0 Å². The minimum Gasteiger partial charge on any atom is -0.480 e. The lowest BCUT2D eigenvalue weighted by atomic mass is 9.97. The van der Waals surface area contributed by atoms with E-state index in [4.69, 9.17) is 9.84 Å². The van der Waals surface area contributed by atoms with E-state index < -0.39 is 11.6 Å². The quantitative estimate of drug-likeness (QED) is 0.699. The molecule has 2 rings (SSSR count). The van der Waals surface area contributed by atoms with Gasteiger partial charge >= 0.3 is 12.0 Å². The highest BCUT2D eigenvalue weighted by Crippen LogP contribution is 2.24. The number of rotatable bonds is 7. The number of carboxylic acids is 1. The zero-order valence-corrected chi connectivity index (χ0v) is 12.0. The highest BCUT2D eigenvalue weighted by Gasteiger charge is 2.42. The third kappa shape index (κ3) is 4.45. The van der Waals surface area contributed by atoms with Crippen LogP contribution in [0.5, 0.6) is 0 Å². The number of aliphatic carboxylic acids is 1. The average molecular weight is 296 g/mol. The Morgan fingerprint density at radius 2 is 2.24 bits per heavy atom. The number of ether oxygens (including phenoxy) is 1. The molecular formula is C13H20N4O4. The summed E-state index contributed by atoms with van der Waals surface area (Å²) in [4.78, 5) is 23.9. The van der Waals surface area contributed by atoms with E-state index in [-0.39, 0.29) is 12.6 Å². The standard InChI is InChI=1S/C13H20N4O4/c1-13(21-8-11(18)19)9-16(10-13)12(20)14-4-2-6-17-7-3-5-15-17/h3,5,7H,2,4,6,8-10H2,1H3,(H,14,20)(H,18,19). The molecule has 0 radical (unpaired) electrons. The van der Waals surface area contributed by atoms with Crippen LogP contribution >= 0.6 is 0 Å². The summed E-state index contributed by atoms with van der Waals surface area (Å²) in [5.41, 5.74) is -0.551. The molecule has 2 heterocycles. The minimum atomic E-state index is -1.00. The van der Waals surface area contributed by atoms with Crippen LogP contribution in [0.1, 0.15) is 13.3 Å². The number of hydrogen-bond donors (Lipinski definition) is 2. The number of amides is 2. The highest BCUT2D eigenvalue weighted by atomic mass is 16.5. The monoisotopic (exact) mass is 296 g/mol. The Bertz CT molecular complexity index is 482. The highest BCUT2D eigenvalue weighted by molar-refractivity contribution is 5.75. The first kappa shape index (κ1) is 15.3. The molecule has 116 valence electrons. The van der Waals surface area contributed by atoms with Gasteiger partial charge in [0, 0.05) is 25.5 Å². The molecule has 0 atom stereocenters. The second-order valence-corrected chi connectivity index (χ2v) is 5.34. The number of likely N-dealkylation sites (tertiary alicyclic amines) is 1. The van der Waals surface area contributed by atoms with Gasteiger partial charge in [0.1, 0.15) is 12.2 Å². The molecule has 0 aromatic carbocycles. The maximum Gasteiger partial charge on any atom is 0.329 e. The average Bonchev–Trinajstić information content (AvgIpc) is 2.91. The lowest BCUT2D eigenvalue weighted by molar-refractivity contribution is -0.159. The van der Waals surface area contributed by atoms with Gasteiger partial charge in [-0.25, -0.2) is 9.59 Å². The molecule has 0 unspecified atom stereocenters. The normalized spacial score (nSPS) is 16.3. The van der Waals surface area contributed by atoms with Gasteiger partial charge < -0.3 is 20.1 Å². The van der Waals surface area contributed by atoms with Crippen LogP contribution in [0.2, 0.25) is 0 Å². The molecule has 2 amide bonds. The smallest absolute Gasteiger partial charge is 0.329 e. The van der Waals surface area contributed by atoms with E-state index in [1.54, 1.807) is 18.0 Å². The molecule has 1 saturated heterocycles. The number of carbonyl (C=O) groups is 2. The first-order chi connectivity index (χ1) is 9.98. The molecule has 8 heteroatoms. The van der Waals surface area contributed by atoms with Crippen LogP contribution in [0.25, 0.3) is 0 Å². The lowest BCUT2D eigenvalue weighted by Crippen LogP contribution is -2.65. The van der Waals surface area contributed by atoms with Crippen molar-refractivity contribution in [3.05, 3.63) is 18.5 Å². The van der Waals surface area contributed by atoms with Gasteiger partial charge in [0.2, 0.25) is 0 Å². The zero-order valence-electron chi connectivity index (χ0n) is 12.0. The molecule has 8 nitrogen and oxygen atoms in total. The van der Waals surface area contributed by atoms with E-state index in [0.29, 0.717) is 19.6 Å². The van der Waals surface area contributed by atoms with Gasteiger partial charge in [0.25, 0.3) is 0 Å². The molecular weight excluding hydrogens is 276 g/mol. The summed E-state index contributed by atoms with van der Waals surface area (Å²) in [5.74, 6) is -1.00. The van der Waals surface area contributed by atoms with Crippen LogP contribution < -0.4 is 5.32 Å². The van der Waals surface area contributed by atoms with E-state index in [9.17, 15) is 9.59 Å². The summed E-state index contributed by atoms with van der Waals surface area (Å²) in [6.07, 6.45) is 4.40. The summed E-state index contributed by atoms with van der Waals surface area (Å²) in [6, 6.07) is 1.71. The van der Waals surface area contributed by atoms with Gasteiger partial charge in [-0.15, -0.1) is 0 Å². The number of carbonyl (C=O) groups excluding carboxylic acids is 1. The van der Waals surface area contributed by atoms with Crippen LogP contribution in [0.3, 0.4) is 0 Å². The van der Waals surface area contributed by atoms with Gasteiger partial charge in [-0.1, -0.05) is 0 Å². The number of nitrogens with one attached hydrogen (secondary N) is 1. The topological polar surface area (TPSA) is 96.7 Å². The molecule has 1 fully saturated rings. The van der Waals surface area contributed by atoms with Gasteiger partial charge in [0.15, 0.2) is 0 Å². The summed E-state index contributed by atoms with van der Waals surface area (Å²) < 4.78 is 7.06. The van der Waals surface area contributed by atoms with E-state index >= 15 is 0 Å². The Hall–Kier alpha value is -2.09. The van der Waals surface area contributed by atoms with Crippen LogP contribution in [0, 0.1) is 0 Å². The summed E-state index contributed by atoms with van der Waals surface area (Å²) in [5, 5.41) is 15.5. The Kier molecular flexibility index (Phi) is 4.79. The number of hydrogen-bond acceptors (Lipinski definition) is 4. The number of nitrogens with zero attached hydrogens (tertiary/aromatic N) is 3. The molecule has 0 spiro atoms. The summed E-state index contributed by atoms with van der Waals surface area (Å²) >= 11 is 0. The van der Waals surface area contributed by atoms with Crippen molar-refractivity contribution in [3.8, 4) is 0 Å². The van der Waals surface area contributed by atoms with Gasteiger partial charge in [0.05, 0.1) is 13.1 Å². The molecule has 1 aliphatic rings. The Balaban J connectivity index is 1.59. The fourth-order valence-corrected chi connectivity index (χ4v) is 2.21. The maximum absolute atomic E-state index is 11.8. The van der Waals surface area contributed by atoms with Crippen molar-refractivity contribution >= 4 is 12.0 Å². The predicted molar refractivity (Wildman–Crippen MR) is 73.8 cm³/mol. The largest absolute Gasteiger partial charge is 0.480 e. The number of aryl methyl sites for hydroxylation is 1. The first-order valence-electron chi connectivity index (χ1n) is 6.84. The summed E-state index contributed by atoms with van der Waals surface area (Å²) in [7, 11) is 0. The fraction of sp³-hybridized carbons (Fsp3) is 0.615. The van der Waals surface area contributed by atoms with Crippen molar-refractivity contribution in [1.82, 2.24) is 20.0 Å². The van der Waals surface area contributed by atoms with E-state index in [1.807, 2.05) is 16.9 Å². The third-order valence-electron chi connectivity index (χ3n) is 3.28. The van der Waals surface area contributed by atoms with Crippen molar-refractivity contribution in [2.45, 2.75) is 25.5 Å². The van der Waals surface area contributed by atoms with Gasteiger partial charge in [-0.2, -0.15) is 5.10 Å². The molecule has 0 aliphatic carbocycles. The third-order valence-corrected chi connectivity index (χ3v) is 3.28. The van der Waals surface area contributed by atoms with Crippen molar-refractivity contribution in [1.29, 1.82) is 0 Å². The van der Waals surface area contributed by atoms with Crippen molar-refractivity contribution in [2.75, 3.05) is 26.2 Å². The van der Waals surface area contributed by atoms with Crippen LogP contribution in [-0.2, 0) is 16.1 Å². The zero-order chi connectivity index (χ0) is 15.3. The molecule has 2 N–H and O–H groups in total. The maximum atomic E-state index is 11.8. The van der Waals surface area contributed by atoms with E-state index in [1.165, 1.54) is 0 Å². The minimum absolute atomic E-state index is 0.146. The molecule has 0 bridgehead atoms. The Morgan fingerprint density at radius 3 is 2.86 bits per heavy atom. The molecule has 0 saturated carbocycles. The Morgan fingerprint density at radius 1 is 1.48 bits per heavy atom. The van der Waals surface area contributed by atoms with Crippen LogP contribution in [0.4, 0.5) is 4.79 Å². The lowest BCUT2D eigenvalue weighted by Gasteiger charge is -2.46. The fourth-order valence-electron chi connectivity index (χ4n) is 2.21. The molecule has 21 heavy (non-hydrogen) atoms. The molecule has 1 aromatic rings.